The number of hydrogen-bond acceptors (Lipinski definition) is 3. The molecule has 0 saturated heterocycles. The summed E-state index contributed by atoms with van der Waals surface area (Å²) in [6.07, 6.45) is 4.23. The molecule has 1 unspecified atom stereocenters. The standard InChI is InChI=1S/C22H18F2N2O2/c1-15(26-21(27)9-8-16-11-18(23)14-19(24)12-16)17-5-4-6-20(13-17)28-22-7-2-3-10-25-22/h2-15H,1H3,(H,26,27)/b9-8+. The van der Waals surface area contributed by atoms with Crippen LogP contribution in [0.4, 0.5) is 8.78 Å². The highest BCUT2D eigenvalue weighted by Gasteiger charge is 2.09. The van der Waals surface area contributed by atoms with Crippen molar-refractivity contribution in [2.75, 3.05) is 0 Å². The summed E-state index contributed by atoms with van der Waals surface area (Å²) in [6.45, 7) is 1.83. The van der Waals surface area contributed by atoms with E-state index in [2.05, 4.69) is 10.3 Å². The first-order valence-corrected chi connectivity index (χ1v) is 8.63. The Hall–Kier alpha value is -3.54. The Morgan fingerprint density at radius 1 is 1.07 bits per heavy atom. The number of nitrogens with one attached hydrogen (secondary N) is 1. The van der Waals surface area contributed by atoms with Crippen LogP contribution >= 0.6 is 0 Å². The van der Waals surface area contributed by atoms with Gasteiger partial charge in [0.2, 0.25) is 11.8 Å². The van der Waals surface area contributed by atoms with Crippen LogP contribution in [0.1, 0.15) is 24.1 Å². The van der Waals surface area contributed by atoms with Gasteiger partial charge >= 0.3 is 0 Å². The zero-order valence-corrected chi connectivity index (χ0v) is 15.1. The predicted octanol–water partition coefficient (Wildman–Crippen LogP) is 5.04. The van der Waals surface area contributed by atoms with Gasteiger partial charge in [0, 0.05) is 24.4 Å². The third-order valence-electron chi connectivity index (χ3n) is 3.89. The minimum atomic E-state index is -0.696. The second kappa shape index (κ2) is 8.90. The number of benzene rings is 2. The number of aromatic nitrogens is 1. The molecular weight excluding hydrogens is 362 g/mol. The van der Waals surface area contributed by atoms with E-state index in [-0.39, 0.29) is 17.5 Å². The van der Waals surface area contributed by atoms with Gasteiger partial charge in [-0.2, -0.15) is 0 Å². The minimum Gasteiger partial charge on any atom is -0.439 e. The van der Waals surface area contributed by atoms with Gasteiger partial charge in [-0.15, -0.1) is 0 Å². The number of rotatable bonds is 6. The minimum absolute atomic E-state index is 0.270. The first kappa shape index (κ1) is 19.2. The molecule has 1 N–H and O–H groups in total. The summed E-state index contributed by atoms with van der Waals surface area (Å²) in [5.74, 6) is -0.700. The van der Waals surface area contributed by atoms with Crippen LogP contribution in [0.15, 0.2) is 72.9 Å². The Morgan fingerprint density at radius 2 is 1.86 bits per heavy atom. The summed E-state index contributed by atoms with van der Waals surface area (Å²) >= 11 is 0. The summed E-state index contributed by atoms with van der Waals surface area (Å²) in [5, 5.41) is 2.80. The molecular formula is C22H18F2N2O2. The first-order valence-electron chi connectivity index (χ1n) is 8.63. The maximum atomic E-state index is 13.2. The van der Waals surface area contributed by atoms with E-state index in [0.717, 1.165) is 23.8 Å². The SMILES string of the molecule is CC(NC(=O)/C=C/c1cc(F)cc(F)c1)c1cccc(Oc2ccccn2)c1. The van der Waals surface area contributed by atoms with Gasteiger partial charge in [-0.05, 0) is 54.5 Å². The van der Waals surface area contributed by atoms with E-state index < -0.39 is 11.6 Å². The molecule has 0 fully saturated rings. The molecule has 0 aliphatic carbocycles. The fraction of sp³-hybridized carbons (Fsp3) is 0.0909. The molecule has 1 amide bonds. The lowest BCUT2D eigenvalue weighted by Crippen LogP contribution is -2.24. The van der Waals surface area contributed by atoms with Gasteiger partial charge < -0.3 is 10.1 Å². The molecule has 3 rings (SSSR count). The average molecular weight is 380 g/mol. The first-order chi connectivity index (χ1) is 13.5. The van der Waals surface area contributed by atoms with Crippen LogP contribution in [0, 0.1) is 11.6 Å². The van der Waals surface area contributed by atoms with Crippen LogP contribution in [0.3, 0.4) is 0 Å². The van der Waals surface area contributed by atoms with E-state index >= 15 is 0 Å². The molecule has 0 radical (unpaired) electrons. The number of pyridine rings is 1. The highest BCUT2D eigenvalue weighted by Crippen LogP contribution is 2.23. The van der Waals surface area contributed by atoms with E-state index in [1.54, 1.807) is 24.4 Å². The van der Waals surface area contributed by atoms with E-state index in [1.165, 1.54) is 12.2 Å². The Morgan fingerprint density at radius 3 is 2.57 bits per heavy atom. The molecule has 0 aliphatic rings. The van der Waals surface area contributed by atoms with Crippen molar-refractivity contribution in [3.8, 4) is 11.6 Å². The molecule has 0 bridgehead atoms. The summed E-state index contributed by atoms with van der Waals surface area (Å²) in [6, 6.07) is 15.4. The van der Waals surface area contributed by atoms with E-state index in [1.807, 2.05) is 31.2 Å². The number of ether oxygens (including phenoxy) is 1. The fourth-order valence-electron chi connectivity index (χ4n) is 2.56. The highest BCUT2D eigenvalue weighted by molar-refractivity contribution is 5.91. The van der Waals surface area contributed by atoms with Crippen molar-refractivity contribution in [1.29, 1.82) is 0 Å². The van der Waals surface area contributed by atoms with Crippen molar-refractivity contribution in [1.82, 2.24) is 10.3 Å². The van der Waals surface area contributed by atoms with Crippen molar-refractivity contribution in [3.05, 3.63) is 95.7 Å². The molecule has 2 aromatic carbocycles. The lowest BCUT2D eigenvalue weighted by atomic mass is 10.1. The van der Waals surface area contributed by atoms with E-state index in [4.69, 9.17) is 4.74 Å². The number of hydrogen-bond donors (Lipinski definition) is 1. The number of halogens is 2. The monoisotopic (exact) mass is 380 g/mol. The molecule has 4 nitrogen and oxygen atoms in total. The third kappa shape index (κ3) is 5.48. The largest absolute Gasteiger partial charge is 0.439 e. The Kier molecular flexibility index (Phi) is 6.11. The van der Waals surface area contributed by atoms with Gasteiger partial charge in [-0.1, -0.05) is 18.2 Å². The van der Waals surface area contributed by atoms with Gasteiger partial charge in [0.1, 0.15) is 17.4 Å². The molecule has 0 spiro atoms. The summed E-state index contributed by atoms with van der Waals surface area (Å²) in [4.78, 5) is 16.2. The molecule has 3 aromatic rings. The average Bonchev–Trinajstić information content (AvgIpc) is 2.67. The maximum Gasteiger partial charge on any atom is 0.244 e. The Labute approximate surface area is 161 Å². The molecule has 0 aliphatic heterocycles. The lowest BCUT2D eigenvalue weighted by Gasteiger charge is -2.14. The number of amides is 1. The Bertz CT molecular complexity index is 971. The summed E-state index contributed by atoms with van der Waals surface area (Å²) < 4.78 is 32.1. The lowest BCUT2D eigenvalue weighted by molar-refractivity contribution is -0.117. The van der Waals surface area contributed by atoms with E-state index in [0.29, 0.717) is 11.6 Å². The van der Waals surface area contributed by atoms with Gasteiger partial charge in [-0.25, -0.2) is 13.8 Å². The van der Waals surface area contributed by atoms with Crippen LogP contribution in [-0.2, 0) is 4.79 Å². The normalized spacial score (nSPS) is 12.0. The fourth-order valence-corrected chi connectivity index (χ4v) is 2.56. The second-order valence-corrected chi connectivity index (χ2v) is 6.11. The Balaban J connectivity index is 1.63. The van der Waals surface area contributed by atoms with Gasteiger partial charge in [0.05, 0.1) is 6.04 Å². The van der Waals surface area contributed by atoms with Gasteiger partial charge in [0.15, 0.2) is 0 Å². The molecule has 1 atom stereocenters. The molecule has 6 heteroatoms. The summed E-state index contributed by atoms with van der Waals surface area (Å²) in [5.41, 5.74) is 1.11. The van der Waals surface area contributed by atoms with Crippen molar-refractivity contribution in [2.45, 2.75) is 13.0 Å². The smallest absolute Gasteiger partial charge is 0.244 e. The molecule has 28 heavy (non-hydrogen) atoms. The summed E-state index contributed by atoms with van der Waals surface area (Å²) in [7, 11) is 0. The van der Waals surface area contributed by atoms with Crippen LogP contribution in [0.25, 0.3) is 6.08 Å². The second-order valence-electron chi connectivity index (χ2n) is 6.11. The molecule has 1 aromatic heterocycles. The van der Waals surface area contributed by atoms with Crippen LogP contribution in [0.2, 0.25) is 0 Å². The van der Waals surface area contributed by atoms with Gasteiger partial charge in [0.25, 0.3) is 0 Å². The van der Waals surface area contributed by atoms with Crippen LogP contribution < -0.4 is 10.1 Å². The number of carbonyl (C=O) groups is 1. The van der Waals surface area contributed by atoms with Crippen LogP contribution in [-0.4, -0.2) is 10.9 Å². The molecule has 1 heterocycles. The van der Waals surface area contributed by atoms with Crippen LogP contribution in [0.5, 0.6) is 11.6 Å². The van der Waals surface area contributed by atoms with Crippen molar-refractivity contribution in [3.63, 3.8) is 0 Å². The van der Waals surface area contributed by atoms with Crippen molar-refractivity contribution in [2.24, 2.45) is 0 Å². The topological polar surface area (TPSA) is 51.2 Å². The molecule has 0 saturated carbocycles. The number of carbonyl (C=O) groups excluding carboxylic acids is 1. The zero-order chi connectivity index (χ0) is 19.9. The van der Waals surface area contributed by atoms with Crippen molar-refractivity contribution >= 4 is 12.0 Å². The quantitative estimate of drug-likeness (QED) is 0.610. The van der Waals surface area contributed by atoms with Crippen molar-refractivity contribution < 1.29 is 18.3 Å². The zero-order valence-electron chi connectivity index (χ0n) is 15.1. The third-order valence-corrected chi connectivity index (χ3v) is 3.89. The predicted molar refractivity (Wildman–Crippen MR) is 103 cm³/mol. The number of nitrogens with zero attached hydrogens (tertiary/aromatic N) is 1. The maximum absolute atomic E-state index is 13.2. The van der Waals surface area contributed by atoms with Gasteiger partial charge in [-0.3, -0.25) is 4.79 Å². The highest BCUT2D eigenvalue weighted by atomic mass is 19.1. The molecule has 142 valence electrons. The van der Waals surface area contributed by atoms with E-state index in [9.17, 15) is 13.6 Å².